The lowest BCUT2D eigenvalue weighted by molar-refractivity contribution is -0.139. The molecule has 6 heteroatoms. The van der Waals surface area contributed by atoms with E-state index >= 15 is 0 Å². The number of Topliss-reactive ketones (excluding diaryl/α,β-unsaturated/α-hetero) is 1. The molecule has 2 aromatic carbocycles. The first-order chi connectivity index (χ1) is 15.2. The van der Waals surface area contributed by atoms with Crippen molar-refractivity contribution in [2.24, 2.45) is 0 Å². The van der Waals surface area contributed by atoms with Gasteiger partial charge in [0.05, 0.1) is 23.8 Å². The third-order valence-corrected chi connectivity index (χ3v) is 5.07. The van der Waals surface area contributed by atoms with Gasteiger partial charge in [0.15, 0.2) is 0 Å². The van der Waals surface area contributed by atoms with Crippen LogP contribution in [0.3, 0.4) is 0 Å². The molecule has 1 fully saturated rings. The number of ether oxygens (including phenoxy) is 2. The average molecular weight is 438 g/mol. The lowest BCUT2D eigenvalue weighted by Gasteiger charge is -2.25. The maximum Gasteiger partial charge on any atom is 0.295 e. The summed E-state index contributed by atoms with van der Waals surface area (Å²) in [5.41, 5.74) is 1.30. The molecule has 0 spiro atoms. The first kappa shape index (κ1) is 23.4. The Hall–Kier alpha value is -3.28. The van der Waals surface area contributed by atoms with E-state index in [1.165, 1.54) is 4.90 Å². The van der Waals surface area contributed by atoms with Gasteiger partial charge >= 0.3 is 0 Å². The molecule has 1 unspecified atom stereocenters. The molecule has 1 amide bonds. The molecule has 2 aromatic rings. The predicted molar refractivity (Wildman–Crippen MR) is 124 cm³/mol. The van der Waals surface area contributed by atoms with Crippen LogP contribution < -0.4 is 9.47 Å². The summed E-state index contributed by atoms with van der Waals surface area (Å²) in [6, 6.07) is 13.5. The van der Waals surface area contributed by atoms with Crippen LogP contribution in [0.4, 0.5) is 0 Å². The SMILES string of the molecule is CCCN1C(=O)C(=O)/C(=C(/O)c2ccc(OC(C)C)cc2)C1c1ccc(OC(C)C)cc1. The summed E-state index contributed by atoms with van der Waals surface area (Å²) in [4.78, 5) is 27.3. The van der Waals surface area contributed by atoms with Crippen LogP contribution in [0.15, 0.2) is 54.1 Å². The van der Waals surface area contributed by atoms with Crippen LogP contribution in [-0.2, 0) is 9.59 Å². The largest absolute Gasteiger partial charge is 0.507 e. The molecule has 1 atom stereocenters. The van der Waals surface area contributed by atoms with Crippen LogP contribution in [-0.4, -0.2) is 40.4 Å². The number of hydrogen-bond acceptors (Lipinski definition) is 5. The molecule has 0 radical (unpaired) electrons. The van der Waals surface area contributed by atoms with Gasteiger partial charge in [-0.2, -0.15) is 0 Å². The van der Waals surface area contributed by atoms with Gasteiger partial charge in [0, 0.05) is 12.1 Å². The maximum atomic E-state index is 13.0. The number of aliphatic hydroxyl groups is 1. The number of rotatable bonds is 8. The lowest BCUT2D eigenvalue weighted by atomic mass is 9.95. The maximum absolute atomic E-state index is 13.0. The van der Waals surface area contributed by atoms with Crippen LogP contribution in [0, 0.1) is 0 Å². The Morgan fingerprint density at radius 1 is 0.906 bits per heavy atom. The van der Waals surface area contributed by atoms with Crippen LogP contribution in [0.25, 0.3) is 5.76 Å². The van der Waals surface area contributed by atoms with E-state index in [0.29, 0.717) is 30.0 Å². The fourth-order valence-electron chi connectivity index (χ4n) is 3.82. The standard InChI is InChI=1S/C26H31NO5/c1-6-15-27-23(18-7-11-20(12-8-18)31-16(2)3)22(25(29)26(27)30)24(28)19-9-13-21(14-10-19)32-17(4)5/h7-14,16-17,23,28H,6,15H2,1-5H3/b24-22+. The van der Waals surface area contributed by atoms with E-state index in [0.717, 1.165) is 5.56 Å². The highest BCUT2D eigenvalue weighted by Crippen LogP contribution is 2.40. The van der Waals surface area contributed by atoms with Gasteiger partial charge in [-0.15, -0.1) is 0 Å². The lowest BCUT2D eigenvalue weighted by Crippen LogP contribution is -2.30. The van der Waals surface area contributed by atoms with E-state index in [-0.39, 0.29) is 23.5 Å². The molecule has 1 heterocycles. The summed E-state index contributed by atoms with van der Waals surface area (Å²) >= 11 is 0. The van der Waals surface area contributed by atoms with Crippen molar-refractivity contribution in [3.05, 3.63) is 65.2 Å². The molecule has 3 rings (SSSR count). The average Bonchev–Trinajstić information content (AvgIpc) is 2.99. The molecule has 1 aliphatic heterocycles. The van der Waals surface area contributed by atoms with Gasteiger partial charge in [0.25, 0.3) is 11.7 Å². The number of amides is 1. The summed E-state index contributed by atoms with van der Waals surface area (Å²) < 4.78 is 11.4. The van der Waals surface area contributed by atoms with Crippen LogP contribution in [0.1, 0.15) is 58.2 Å². The van der Waals surface area contributed by atoms with Gasteiger partial charge in [0.2, 0.25) is 0 Å². The highest BCUT2D eigenvalue weighted by Gasteiger charge is 2.45. The van der Waals surface area contributed by atoms with Crippen LogP contribution in [0.5, 0.6) is 11.5 Å². The van der Waals surface area contributed by atoms with Crippen molar-refractivity contribution in [3.8, 4) is 11.5 Å². The zero-order valence-electron chi connectivity index (χ0n) is 19.3. The zero-order chi connectivity index (χ0) is 23.4. The molecule has 0 bridgehead atoms. The van der Waals surface area contributed by atoms with E-state index in [1.54, 1.807) is 24.3 Å². The summed E-state index contributed by atoms with van der Waals surface area (Å²) in [6.45, 7) is 10.1. The number of likely N-dealkylation sites (tertiary alicyclic amines) is 1. The minimum atomic E-state index is -0.675. The molecule has 32 heavy (non-hydrogen) atoms. The predicted octanol–water partition coefficient (Wildman–Crippen LogP) is 5.09. The van der Waals surface area contributed by atoms with Gasteiger partial charge in [-0.3, -0.25) is 9.59 Å². The Morgan fingerprint density at radius 2 is 1.41 bits per heavy atom. The monoisotopic (exact) mass is 437 g/mol. The summed E-state index contributed by atoms with van der Waals surface area (Å²) in [7, 11) is 0. The second-order valence-corrected chi connectivity index (χ2v) is 8.42. The zero-order valence-corrected chi connectivity index (χ0v) is 19.3. The summed E-state index contributed by atoms with van der Waals surface area (Å²) in [5.74, 6) is -0.0885. The van der Waals surface area contributed by atoms with Crippen molar-refractivity contribution >= 4 is 17.4 Å². The summed E-state index contributed by atoms with van der Waals surface area (Å²) in [5, 5.41) is 11.1. The number of carbonyl (C=O) groups excluding carboxylic acids is 2. The molecule has 170 valence electrons. The van der Waals surface area contributed by atoms with Gasteiger partial charge in [-0.05, 0) is 76.1 Å². The fourth-order valence-corrected chi connectivity index (χ4v) is 3.82. The van der Waals surface area contributed by atoms with Crippen molar-refractivity contribution in [1.29, 1.82) is 0 Å². The third kappa shape index (κ3) is 4.96. The second kappa shape index (κ2) is 9.90. The normalized spacial score (nSPS) is 18.0. The third-order valence-electron chi connectivity index (χ3n) is 5.07. The Balaban J connectivity index is 2.04. The second-order valence-electron chi connectivity index (χ2n) is 8.42. The van der Waals surface area contributed by atoms with Gasteiger partial charge in [-0.25, -0.2) is 0 Å². The highest BCUT2D eigenvalue weighted by molar-refractivity contribution is 6.46. The van der Waals surface area contributed by atoms with Gasteiger partial charge < -0.3 is 19.5 Å². The Labute approximate surface area is 189 Å². The first-order valence-electron chi connectivity index (χ1n) is 11.0. The van der Waals surface area contributed by atoms with Crippen molar-refractivity contribution in [1.82, 2.24) is 4.90 Å². The quantitative estimate of drug-likeness (QED) is 0.354. The minimum absolute atomic E-state index is 0.0245. The Bertz CT molecular complexity index is 990. The number of aliphatic hydroxyl groups excluding tert-OH is 1. The molecule has 0 saturated carbocycles. The van der Waals surface area contributed by atoms with E-state index < -0.39 is 17.7 Å². The number of ketones is 1. The molecule has 0 aromatic heterocycles. The summed E-state index contributed by atoms with van der Waals surface area (Å²) in [6.07, 6.45) is 0.755. The number of carbonyl (C=O) groups is 2. The molecule has 1 aliphatic rings. The van der Waals surface area contributed by atoms with Crippen LogP contribution in [0.2, 0.25) is 0 Å². The molecule has 1 N–H and O–H groups in total. The Kier molecular flexibility index (Phi) is 7.23. The van der Waals surface area contributed by atoms with Crippen molar-refractivity contribution in [3.63, 3.8) is 0 Å². The first-order valence-corrected chi connectivity index (χ1v) is 11.0. The molecule has 6 nitrogen and oxygen atoms in total. The Morgan fingerprint density at radius 3 is 1.88 bits per heavy atom. The van der Waals surface area contributed by atoms with Crippen molar-refractivity contribution < 1.29 is 24.2 Å². The van der Waals surface area contributed by atoms with Crippen LogP contribution >= 0.6 is 0 Å². The number of hydrogen-bond donors (Lipinski definition) is 1. The molecular formula is C26H31NO5. The van der Waals surface area contributed by atoms with E-state index in [9.17, 15) is 14.7 Å². The molecule has 0 aliphatic carbocycles. The number of nitrogens with zero attached hydrogens (tertiary/aromatic N) is 1. The highest BCUT2D eigenvalue weighted by atomic mass is 16.5. The topological polar surface area (TPSA) is 76.1 Å². The number of benzene rings is 2. The van der Waals surface area contributed by atoms with Crippen molar-refractivity contribution in [2.45, 2.75) is 59.3 Å². The van der Waals surface area contributed by atoms with Gasteiger partial charge in [0.1, 0.15) is 17.3 Å². The minimum Gasteiger partial charge on any atom is -0.507 e. The molecular weight excluding hydrogens is 406 g/mol. The smallest absolute Gasteiger partial charge is 0.295 e. The molecule has 1 saturated heterocycles. The fraction of sp³-hybridized carbons (Fsp3) is 0.385. The van der Waals surface area contributed by atoms with E-state index in [4.69, 9.17) is 9.47 Å². The van der Waals surface area contributed by atoms with E-state index in [2.05, 4.69) is 0 Å². The van der Waals surface area contributed by atoms with Crippen molar-refractivity contribution in [2.75, 3.05) is 6.54 Å². The van der Waals surface area contributed by atoms with E-state index in [1.807, 2.05) is 58.9 Å². The van der Waals surface area contributed by atoms with Gasteiger partial charge in [-0.1, -0.05) is 19.1 Å².